The topological polar surface area (TPSA) is 136 Å². The van der Waals surface area contributed by atoms with Crippen molar-refractivity contribution < 1.29 is 43.6 Å². The van der Waals surface area contributed by atoms with Crippen LogP contribution in [-0.2, 0) is 33.4 Å². The van der Waals surface area contributed by atoms with E-state index in [0.29, 0.717) is 12.2 Å². The number of hydrogen-bond donors (Lipinski definition) is 2. The van der Waals surface area contributed by atoms with Gasteiger partial charge in [0.25, 0.3) is 0 Å². The van der Waals surface area contributed by atoms with Crippen LogP contribution in [0.2, 0.25) is 0 Å². The number of carboxylic acid groups (broad SMARTS) is 1. The van der Waals surface area contributed by atoms with Crippen LogP contribution < -0.4 is 0 Å². The lowest BCUT2D eigenvalue weighted by atomic mass is 10.1. The summed E-state index contributed by atoms with van der Waals surface area (Å²) in [6, 6.07) is 10.0. The van der Waals surface area contributed by atoms with E-state index in [2.05, 4.69) is 40.5 Å². The Morgan fingerprint density at radius 2 is 1.54 bits per heavy atom. The van der Waals surface area contributed by atoms with E-state index in [9.17, 15) is 19.2 Å². The minimum Gasteiger partial charge on any atom is -0.478 e. The van der Waals surface area contributed by atoms with Gasteiger partial charge >= 0.3 is 23.9 Å². The van der Waals surface area contributed by atoms with E-state index < -0.39 is 11.9 Å². The fourth-order valence-electron chi connectivity index (χ4n) is 1.83. The molecule has 216 valence electrons. The molecule has 1 aromatic rings. The Balaban J connectivity index is -0.000000466. The number of ether oxygens (including phenoxy) is 3. The molecule has 0 fully saturated rings. The van der Waals surface area contributed by atoms with Gasteiger partial charge in [-0.1, -0.05) is 82.1 Å². The lowest BCUT2D eigenvalue weighted by molar-refractivity contribution is -0.140. The highest BCUT2D eigenvalue weighted by Gasteiger charge is 2.07. The van der Waals surface area contributed by atoms with Crippen molar-refractivity contribution in [1.82, 2.24) is 0 Å². The molecule has 0 spiro atoms. The van der Waals surface area contributed by atoms with Gasteiger partial charge in [0.1, 0.15) is 6.61 Å². The van der Waals surface area contributed by atoms with Gasteiger partial charge in [0.15, 0.2) is 0 Å². The number of carboxylic acids is 1. The molecule has 0 aliphatic heterocycles. The maximum atomic E-state index is 11.1. The van der Waals surface area contributed by atoms with Gasteiger partial charge in [-0.05, 0) is 32.3 Å². The van der Waals surface area contributed by atoms with Crippen molar-refractivity contribution in [2.24, 2.45) is 0 Å². The number of benzene rings is 1. The second-order valence-electron chi connectivity index (χ2n) is 7.47. The van der Waals surface area contributed by atoms with Crippen LogP contribution in [0.1, 0.15) is 45.6 Å². The van der Waals surface area contributed by atoms with Gasteiger partial charge in [-0.25, -0.2) is 19.2 Å². The summed E-state index contributed by atoms with van der Waals surface area (Å²) in [6.45, 7) is 18.9. The minimum absolute atomic E-state index is 0.0838. The van der Waals surface area contributed by atoms with Crippen LogP contribution in [0.15, 0.2) is 85.5 Å². The molecular formula is C30H42O9. The zero-order valence-electron chi connectivity index (χ0n) is 23.4. The molecule has 0 aromatic heterocycles. The highest BCUT2D eigenvalue weighted by molar-refractivity contribution is 5.89. The summed E-state index contributed by atoms with van der Waals surface area (Å²) in [5, 5.41) is 16.9. The van der Waals surface area contributed by atoms with Crippen molar-refractivity contribution in [3.8, 4) is 0 Å². The average molecular weight is 547 g/mol. The largest absolute Gasteiger partial charge is 0.478 e. The highest BCUT2D eigenvalue weighted by Crippen LogP contribution is 2.05. The number of unbranched alkanes of at least 4 members (excludes halogenated alkanes) is 1. The van der Waals surface area contributed by atoms with Gasteiger partial charge in [-0.3, -0.25) is 0 Å². The van der Waals surface area contributed by atoms with Crippen molar-refractivity contribution in [3.63, 3.8) is 0 Å². The van der Waals surface area contributed by atoms with Crippen molar-refractivity contribution in [2.75, 3.05) is 26.9 Å². The zero-order chi connectivity index (χ0) is 30.6. The van der Waals surface area contributed by atoms with Crippen LogP contribution in [0.4, 0.5) is 0 Å². The quantitative estimate of drug-likeness (QED) is 0.159. The van der Waals surface area contributed by atoms with Crippen molar-refractivity contribution in [3.05, 3.63) is 91.1 Å². The van der Waals surface area contributed by atoms with Gasteiger partial charge in [-0.15, -0.1) is 0 Å². The first-order chi connectivity index (χ1) is 18.4. The van der Waals surface area contributed by atoms with Gasteiger partial charge < -0.3 is 24.4 Å². The van der Waals surface area contributed by atoms with Crippen LogP contribution >= 0.6 is 0 Å². The van der Waals surface area contributed by atoms with Crippen molar-refractivity contribution >= 4 is 30.0 Å². The molecule has 1 aromatic carbocycles. The number of esters is 3. The predicted octanol–water partition coefficient (Wildman–Crippen LogP) is 5.08. The van der Waals surface area contributed by atoms with E-state index in [0.717, 1.165) is 12.8 Å². The molecule has 0 unspecified atom stereocenters. The number of allylic oxidation sites excluding steroid dienone is 1. The lowest BCUT2D eigenvalue weighted by Gasteiger charge is -2.03. The molecule has 0 aliphatic carbocycles. The van der Waals surface area contributed by atoms with Gasteiger partial charge in [0.05, 0.1) is 20.3 Å². The molecule has 9 nitrogen and oxygen atoms in total. The molecule has 39 heavy (non-hydrogen) atoms. The summed E-state index contributed by atoms with van der Waals surface area (Å²) in [6.07, 6.45) is 6.49. The first-order valence-electron chi connectivity index (χ1n) is 12.0. The number of aliphatic hydroxyl groups excluding tert-OH is 1. The smallest absolute Gasteiger partial charge is 0.333 e. The Hall–Kier alpha value is -4.24. The van der Waals surface area contributed by atoms with Crippen molar-refractivity contribution in [1.29, 1.82) is 0 Å². The van der Waals surface area contributed by atoms with E-state index in [1.54, 1.807) is 6.92 Å². The van der Waals surface area contributed by atoms with E-state index in [1.807, 2.05) is 43.3 Å². The Morgan fingerprint density at radius 3 is 1.90 bits per heavy atom. The highest BCUT2D eigenvalue weighted by atomic mass is 16.5. The summed E-state index contributed by atoms with van der Waals surface area (Å²) in [4.78, 5) is 42.0. The molecule has 2 N–H and O–H groups in total. The Labute approximate surface area is 231 Å². The van der Waals surface area contributed by atoms with E-state index in [4.69, 9.17) is 10.2 Å². The number of aliphatic hydroxyl groups is 1. The van der Waals surface area contributed by atoms with Crippen LogP contribution in [0.25, 0.3) is 6.08 Å². The van der Waals surface area contributed by atoms with Crippen molar-refractivity contribution in [2.45, 2.75) is 40.0 Å². The maximum absolute atomic E-state index is 11.1. The van der Waals surface area contributed by atoms with Crippen LogP contribution in [0.3, 0.4) is 0 Å². The summed E-state index contributed by atoms with van der Waals surface area (Å²) in [5.41, 5.74) is 1.91. The summed E-state index contributed by atoms with van der Waals surface area (Å²) >= 11 is 0. The number of carbonyl (C=O) groups is 4. The molecule has 1 rings (SSSR count). The third kappa shape index (κ3) is 26.6. The predicted molar refractivity (Wildman–Crippen MR) is 153 cm³/mol. The molecular weight excluding hydrogens is 504 g/mol. The van der Waals surface area contributed by atoms with Crippen LogP contribution in [0, 0.1) is 0 Å². The molecule has 0 aliphatic rings. The van der Waals surface area contributed by atoms with Crippen LogP contribution in [-0.4, -0.2) is 61.0 Å². The molecule has 0 saturated heterocycles. The van der Waals surface area contributed by atoms with E-state index in [-0.39, 0.29) is 42.7 Å². The van der Waals surface area contributed by atoms with E-state index >= 15 is 0 Å². The van der Waals surface area contributed by atoms with E-state index in [1.165, 1.54) is 31.7 Å². The Morgan fingerprint density at radius 1 is 0.949 bits per heavy atom. The molecule has 0 atom stereocenters. The summed E-state index contributed by atoms with van der Waals surface area (Å²) < 4.78 is 13.5. The maximum Gasteiger partial charge on any atom is 0.333 e. The number of hydrogen-bond acceptors (Lipinski definition) is 8. The fraction of sp³-hybridized carbons (Fsp3) is 0.333. The summed E-state index contributed by atoms with van der Waals surface area (Å²) in [7, 11) is 1.33. The molecule has 0 saturated carbocycles. The second kappa shape index (κ2) is 26.8. The number of aliphatic carboxylic acids is 1. The molecule has 0 amide bonds. The monoisotopic (exact) mass is 546 g/mol. The molecule has 0 heterocycles. The first-order valence-corrected chi connectivity index (χ1v) is 12.0. The Bertz CT molecular complexity index is 944. The fourth-order valence-corrected chi connectivity index (χ4v) is 1.83. The minimum atomic E-state index is -1.04. The lowest BCUT2D eigenvalue weighted by Crippen LogP contribution is -2.10. The first kappa shape index (κ1) is 39.3. The average Bonchev–Trinajstić information content (AvgIpc) is 2.95. The van der Waals surface area contributed by atoms with Gasteiger partial charge in [0.2, 0.25) is 0 Å². The van der Waals surface area contributed by atoms with Crippen LogP contribution in [0.5, 0.6) is 0 Å². The third-order valence-electron chi connectivity index (χ3n) is 4.08. The van der Waals surface area contributed by atoms with Gasteiger partial charge in [-0.2, -0.15) is 0 Å². The number of rotatable bonds is 12. The Kier molecular flexibility index (Phi) is 27.0. The molecule has 0 radical (unpaired) electrons. The standard InChI is InChI=1S/C10H14O5.C8H8.C7H12O2.C5H8O2/c1-7(9(12)13)3-4-8(2)10(14)15-6-5-11;1-2-8-6-4-3-5-7-8;1-3-5-6-9-7(8)4-2;1-4(2)5(6)7-3/h3,11H,2,4-6H2,1H3,(H,12,13);2-7H,1H2;4H,2-3,5-6H2,1H3;1H2,2-3H3. The third-order valence-corrected chi connectivity index (χ3v) is 4.08. The number of methoxy groups -OCH3 is 1. The SMILES string of the molecule is C=C(C)C(=O)OC.C=C(CC=C(C)C(=O)O)C(=O)OCCO.C=CC(=O)OCCCC.C=Cc1ccccc1. The normalized spacial score (nSPS) is 9.31. The number of carbonyl (C=O) groups excluding carboxylic acids is 3. The molecule has 0 bridgehead atoms. The zero-order valence-corrected chi connectivity index (χ0v) is 23.4. The summed E-state index contributed by atoms with van der Waals surface area (Å²) in [5.74, 6) is -2.34. The molecule has 9 heteroatoms. The second-order valence-corrected chi connectivity index (χ2v) is 7.47. The van der Waals surface area contributed by atoms with Gasteiger partial charge in [0, 0.05) is 22.8 Å².